The summed E-state index contributed by atoms with van der Waals surface area (Å²) in [5.74, 6) is -0.485. The van der Waals surface area contributed by atoms with Crippen molar-refractivity contribution in [3.8, 4) is 0 Å². The molecule has 0 aromatic heterocycles. The molecular formula is C13H9ClFN3O3. The van der Waals surface area contributed by atoms with E-state index in [0.29, 0.717) is 0 Å². The number of amides is 2. The first-order valence-electron chi connectivity index (χ1n) is 5.73. The molecule has 0 bridgehead atoms. The summed E-state index contributed by atoms with van der Waals surface area (Å²) in [5.41, 5.74) is 0.290. The molecule has 8 heteroatoms. The van der Waals surface area contributed by atoms with E-state index in [1.807, 2.05) is 0 Å². The van der Waals surface area contributed by atoms with Crippen LogP contribution < -0.4 is 10.6 Å². The number of nitrogens with zero attached hydrogens (tertiary/aromatic N) is 1. The lowest BCUT2D eigenvalue weighted by atomic mass is 10.3. The third-order valence-corrected chi connectivity index (χ3v) is 2.81. The number of hydrogen-bond donors (Lipinski definition) is 2. The van der Waals surface area contributed by atoms with Gasteiger partial charge in [-0.2, -0.15) is 0 Å². The molecule has 0 saturated carbocycles. The van der Waals surface area contributed by atoms with Crippen molar-refractivity contribution in [2.24, 2.45) is 0 Å². The molecule has 0 aliphatic rings. The van der Waals surface area contributed by atoms with Crippen molar-refractivity contribution >= 4 is 34.7 Å². The van der Waals surface area contributed by atoms with Crippen LogP contribution in [0.1, 0.15) is 0 Å². The van der Waals surface area contributed by atoms with Crippen molar-refractivity contribution in [3.63, 3.8) is 0 Å². The minimum absolute atomic E-state index is 0.0265. The fourth-order valence-corrected chi connectivity index (χ4v) is 1.79. The van der Waals surface area contributed by atoms with Gasteiger partial charge in [0.25, 0.3) is 5.69 Å². The Bertz CT molecular complexity index is 709. The van der Waals surface area contributed by atoms with E-state index in [1.54, 1.807) is 0 Å². The van der Waals surface area contributed by atoms with Gasteiger partial charge in [-0.15, -0.1) is 0 Å². The van der Waals surface area contributed by atoms with Crippen LogP contribution in [0.3, 0.4) is 0 Å². The molecular weight excluding hydrogens is 301 g/mol. The second-order valence-corrected chi connectivity index (χ2v) is 4.42. The summed E-state index contributed by atoms with van der Waals surface area (Å²) < 4.78 is 13.0. The van der Waals surface area contributed by atoms with Crippen LogP contribution in [-0.4, -0.2) is 11.0 Å². The molecule has 2 aromatic rings. The number of halogens is 2. The number of nitrogens with one attached hydrogen (secondary N) is 2. The average Bonchev–Trinajstić information content (AvgIpc) is 2.40. The van der Waals surface area contributed by atoms with Gasteiger partial charge < -0.3 is 10.6 Å². The topological polar surface area (TPSA) is 84.3 Å². The Morgan fingerprint density at radius 3 is 2.57 bits per heavy atom. The Kier molecular flexibility index (Phi) is 4.34. The quantitative estimate of drug-likeness (QED) is 0.663. The van der Waals surface area contributed by atoms with Crippen molar-refractivity contribution in [1.29, 1.82) is 0 Å². The smallest absolute Gasteiger partial charge is 0.308 e. The summed E-state index contributed by atoms with van der Waals surface area (Å²) in [7, 11) is 0. The number of benzene rings is 2. The maximum atomic E-state index is 13.0. The maximum absolute atomic E-state index is 13.0. The second-order valence-electron chi connectivity index (χ2n) is 4.01. The summed E-state index contributed by atoms with van der Waals surface area (Å²) in [4.78, 5) is 21.7. The van der Waals surface area contributed by atoms with E-state index in [0.717, 1.165) is 12.1 Å². The first-order valence-corrected chi connectivity index (χ1v) is 6.11. The monoisotopic (exact) mass is 309 g/mol. The molecule has 2 rings (SSSR count). The van der Waals surface area contributed by atoms with E-state index < -0.39 is 16.8 Å². The third kappa shape index (κ3) is 3.90. The third-order valence-electron chi connectivity index (χ3n) is 2.49. The molecule has 21 heavy (non-hydrogen) atoms. The van der Waals surface area contributed by atoms with Gasteiger partial charge in [0.2, 0.25) is 0 Å². The highest BCUT2D eigenvalue weighted by molar-refractivity contribution is 6.34. The summed E-state index contributed by atoms with van der Waals surface area (Å²) in [6, 6.07) is 8.36. The van der Waals surface area contributed by atoms with Gasteiger partial charge in [-0.3, -0.25) is 10.1 Å². The van der Waals surface area contributed by atoms with Crippen LogP contribution in [-0.2, 0) is 0 Å². The van der Waals surface area contributed by atoms with E-state index in [2.05, 4.69) is 10.6 Å². The normalized spacial score (nSPS) is 10.0. The molecule has 2 aromatic carbocycles. The first-order chi connectivity index (χ1) is 9.95. The molecule has 0 fully saturated rings. The van der Waals surface area contributed by atoms with E-state index in [-0.39, 0.29) is 22.1 Å². The molecule has 0 spiro atoms. The Hall–Kier alpha value is -2.67. The minimum atomic E-state index is -0.642. The van der Waals surface area contributed by atoms with Crippen LogP contribution in [0.4, 0.5) is 26.2 Å². The predicted octanol–water partition coefficient (Wildman–Crippen LogP) is 4.03. The average molecular weight is 310 g/mol. The van der Waals surface area contributed by atoms with E-state index in [4.69, 9.17) is 11.6 Å². The maximum Gasteiger partial charge on any atom is 0.323 e. The highest BCUT2D eigenvalue weighted by Crippen LogP contribution is 2.26. The van der Waals surface area contributed by atoms with Crippen LogP contribution in [0.15, 0.2) is 42.5 Å². The van der Waals surface area contributed by atoms with Crippen LogP contribution >= 0.6 is 11.6 Å². The molecule has 0 atom stereocenters. The molecule has 6 nitrogen and oxygen atoms in total. The molecule has 0 aliphatic carbocycles. The number of urea groups is 1. The summed E-state index contributed by atoms with van der Waals surface area (Å²) in [5, 5.41) is 15.4. The molecule has 0 saturated heterocycles. The number of hydrogen-bond acceptors (Lipinski definition) is 3. The molecule has 2 N–H and O–H groups in total. The lowest BCUT2D eigenvalue weighted by Crippen LogP contribution is -2.19. The van der Waals surface area contributed by atoms with Crippen LogP contribution in [0, 0.1) is 15.9 Å². The van der Waals surface area contributed by atoms with Crippen LogP contribution in [0.2, 0.25) is 5.02 Å². The van der Waals surface area contributed by atoms with Gasteiger partial charge in [0.05, 0.1) is 15.6 Å². The Morgan fingerprint density at radius 1 is 1.19 bits per heavy atom. The Labute approximate surface area is 123 Å². The Morgan fingerprint density at radius 2 is 1.95 bits per heavy atom. The lowest BCUT2D eigenvalue weighted by molar-refractivity contribution is -0.384. The number of nitro benzene ring substituents is 1. The zero-order valence-corrected chi connectivity index (χ0v) is 11.2. The highest BCUT2D eigenvalue weighted by atomic mass is 35.5. The zero-order valence-electron chi connectivity index (χ0n) is 10.5. The molecule has 0 radical (unpaired) electrons. The van der Waals surface area contributed by atoms with Gasteiger partial charge in [-0.25, -0.2) is 9.18 Å². The van der Waals surface area contributed by atoms with Crippen molar-refractivity contribution in [2.45, 2.75) is 0 Å². The number of nitro groups is 1. The minimum Gasteiger partial charge on any atom is -0.308 e. The molecule has 2 amide bonds. The van der Waals surface area contributed by atoms with E-state index >= 15 is 0 Å². The zero-order chi connectivity index (χ0) is 15.4. The number of carbonyl (C=O) groups is 1. The van der Waals surface area contributed by atoms with Crippen molar-refractivity contribution in [3.05, 3.63) is 63.4 Å². The van der Waals surface area contributed by atoms with Crippen molar-refractivity contribution in [1.82, 2.24) is 0 Å². The molecule has 0 aliphatic heterocycles. The van der Waals surface area contributed by atoms with Gasteiger partial charge in [0.15, 0.2) is 0 Å². The molecule has 0 unspecified atom stereocenters. The van der Waals surface area contributed by atoms with Gasteiger partial charge in [-0.1, -0.05) is 17.7 Å². The second kappa shape index (κ2) is 6.19. The number of rotatable bonds is 3. The number of carbonyl (C=O) groups excluding carboxylic acids is 1. The van der Waals surface area contributed by atoms with E-state index in [1.165, 1.54) is 30.3 Å². The summed E-state index contributed by atoms with van der Waals surface area (Å²) in [6.07, 6.45) is 0. The van der Waals surface area contributed by atoms with Gasteiger partial charge in [-0.05, 0) is 24.3 Å². The Balaban J connectivity index is 2.08. The molecule has 108 valence electrons. The fraction of sp³-hybridized carbons (Fsp3) is 0. The van der Waals surface area contributed by atoms with Crippen LogP contribution in [0.25, 0.3) is 0 Å². The summed E-state index contributed by atoms with van der Waals surface area (Å²) >= 11 is 5.84. The van der Waals surface area contributed by atoms with Gasteiger partial charge in [0.1, 0.15) is 5.82 Å². The SMILES string of the molecule is O=C(Nc1cccc(F)c1)Nc1ccc([N+](=O)[O-])cc1Cl. The van der Waals surface area contributed by atoms with Crippen LogP contribution in [0.5, 0.6) is 0 Å². The fourth-order valence-electron chi connectivity index (χ4n) is 1.57. The predicted molar refractivity (Wildman–Crippen MR) is 77.1 cm³/mol. The first kappa shape index (κ1) is 14.7. The van der Waals surface area contributed by atoms with Crippen molar-refractivity contribution < 1.29 is 14.1 Å². The van der Waals surface area contributed by atoms with Crippen molar-refractivity contribution in [2.75, 3.05) is 10.6 Å². The summed E-state index contributed by atoms with van der Waals surface area (Å²) in [6.45, 7) is 0. The number of anilines is 2. The van der Waals surface area contributed by atoms with Gasteiger partial charge >= 0.3 is 6.03 Å². The lowest BCUT2D eigenvalue weighted by Gasteiger charge is -2.09. The largest absolute Gasteiger partial charge is 0.323 e. The van der Waals surface area contributed by atoms with E-state index in [9.17, 15) is 19.3 Å². The molecule has 0 heterocycles. The number of non-ortho nitro benzene ring substituents is 1. The highest BCUT2D eigenvalue weighted by Gasteiger charge is 2.11. The van der Waals surface area contributed by atoms with Gasteiger partial charge in [0, 0.05) is 17.8 Å². The standard InChI is InChI=1S/C13H9ClFN3O3/c14-11-7-10(18(20)21)4-5-12(11)17-13(19)16-9-3-1-2-8(15)6-9/h1-7H,(H2,16,17,19).